The molecule has 1 atom stereocenters. The lowest BCUT2D eigenvalue weighted by Crippen LogP contribution is -2.19. The van der Waals surface area contributed by atoms with E-state index < -0.39 is 8.80 Å². The fraction of sp³-hybridized carbons (Fsp3) is 0.182. The van der Waals surface area contributed by atoms with E-state index in [-0.39, 0.29) is 5.73 Å². The van der Waals surface area contributed by atoms with Crippen LogP contribution in [0.15, 0.2) is 84.9 Å². The average molecular weight is 348 g/mol. The minimum Gasteiger partial charge on any atom is -0.457 e. The van der Waals surface area contributed by atoms with E-state index in [1.807, 2.05) is 54.6 Å². The molecule has 3 rings (SSSR count). The van der Waals surface area contributed by atoms with E-state index in [0.29, 0.717) is 6.61 Å². The van der Waals surface area contributed by atoms with Crippen molar-refractivity contribution in [2.24, 2.45) is 0 Å². The first-order chi connectivity index (χ1) is 12.2. The van der Waals surface area contributed by atoms with Gasteiger partial charge in [-0.15, -0.1) is 0 Å². The van der Waals surface area contributed by atoms with Crippen LogP contribution in [0, 0.1) is 0 Å². The van der Waals surface area contributed by atoms with Crippen molar-refractivity contribution in [2.75, 3.05) is 0 Å². The molecule has 0 spiro atoms. The number of hydrogen-bond donors (Lipinski definition) is 0. The highest BCUT2D eigenvalue weighted by atomic mass is 28.3. The number of rotatable bonds is 7. The topological polar surface area (TPSA) is 18.5 Å². The second-order valence-corrected chi connectivity index (χ2v) is 8.92. The maximum atomic E-state index is 6.27. The van der Waals surface area contributed by atoms with Gasteiger partial charge < -0.3 is 9.47 Å². The molecule has 0 aliphatic carbocycles. The van der Waals surface area contributed by atoms with E-state index in [9.17, 15) is 0 Å². The van der Waals surface area contributed by atoms with E-state index in [0.717, 1.165) is 17.1 Å². The Labute approximate surface area is 151 Å². The van der Waals surface area contributed by atoms with Crippen molar-refractivity contribution < 1.29 is 9.47 Å². The fourth-order valence-electron chi connectivity index (χ4n) is 2.73. The third kappa shape index (κ3) is 5.05. The molecule has 0 amide bonds. The van der Waals surface area contributed by atoms with Gasteiger partial charge in [-0.05, 0) is 35.4 Å². The molecule has 0 N–H and O–H groups in total. The molecule has 0 heterocycles. The molecule has 0 saturated heterocycles. The largest absolute Gasteiger partial charge is 0.457 e. The summed E-state index contributed by atoms with van der Waals surface area (Å²) in [5.41, 5.74) is 2.57. The standard InChI is InChI=1S/C22H23O2Si/c1-25(2)22(19-11-5-3-6-12-19)23-17-18-10-9-15-21(16-18)24-20-13-7-4-8-14-20/h3-16,22H,17H2,1-2H3. The van der Waals surface area contributed by atoms with E-state index in [1.165, 1.54) is 5.56 Å². The Hall–Kier alpha value is -2.36. The molecule has 3 aromatic carbocycles. The number of para-hydroxylation sites is 1. The zero-order valence-electron chi connectivity index (χ0n) is 14.7. The van der Waals surface area contributed by atoms with Gasteiger partial charge in [0.15, 0.2) is 0 Å². The first kappa shape index (κ1) is 17.5. The van der Waals surface area contributed by atoms with Crippen molar-refractivity contribution in [3.8, 4) is 11.5 Å². The van der Waals surface area contributed by atoms with Gasteiger partial charge in [-0.3, -0.25) is 0 Å². The Morgan fingerprint density at radius 2 is 1.40 bits per heavy atom. The molecule has 0 fully saturated rings. The number of benzene rings is 3. The van der Waals surface area contributed by atoms with Gasteiger partial charge in [0.05, 0.1) is 21.1 Å². The van der Waals surface area contributed by atoms with Crippen LogP contribution >= 0.6 is 0 Å². The molecular formula is C22H23O2Si. The third-order valence-corrected chi connectivity index (χ3v) is 5.47. The predicted molar refractivity (Wildman–Crippen MR) is 104 cm³/mol. The zero-order valence-corrected chi connectivity index (χ0v) is 15.7. The summed E-state index contributed by atoms with van der Waals surface area (Å²) in [7, 11) is -0.606. The Kier molecular flexibility index (Phi) is 6.04. The lowest BCUT2D eigenvalue weighted by Gasteiger charge is -2.21. The second kappa shape index (κ2) is 8.65. The van der Waals surface area contributed by atoms with E-state index in [1.54, 1.807) is 0 Å². The molecule has 3 aromatic rings. The number of ether oxygens (including phenoxy) is 2. The van der Waals surface area contributed by atoms with Gasteiger partial charge >= 0.3 is 0 Å². The average Bonchev–Trinajstić information content (AvgIpc) is 2.64. The summed E-state index contributed by atoms with van der Waals surface area (Å²) in [4.78, 5) is 0. The van der Waals surface area contributed by atoms with Crippen LogP contribution in [0.2, 0.25) is 13.1 Å². The monoisotopic (exact) mass is 347 g/mol. The molecule has 3 heteroatoms. The molecule has 25 heavy (non-hydrogen) atoms. The zero-order chi connectivity index (χ0) is 17.5. The molecule has 0 aliphatic heterocycles. The van der Waals surface area contributed by atoms with E-state index >= 15 is 0 Å². The third-order valence-electron chi connectivity index (χ3n) is 3.92. The quantitative estimate of drug-likeness (QED) is 0.486. The van der Waals surface area contributed by atoms with Crippen LogP contribution in [0.25, 0.3) is 0 Å². The summed E-state index contributed by atoms with van der Waals surface area (Å²) in [5.74, 6) is 1.68. The molecular weight excluding hydrogens is 324 g/mol. The van der Waals surface area contributed by atoms with E-state index in [2.05, 4.69) is 43.4 Å². The smallest absolute Gasteiger partial charge is 0.127 e. The second-order valence-electron chi connectivity index (χ2n) is 6.24. The molecule has 2 nitrogen and oxygen atoms in total. The van der Waals surface area contributed by atoms with Gasteiger partial charge in [-0.2, -0.15) is 0 Å². The summed E-state index contributed by atoms with van der Waals surface area (Å²) in [5, 5.41) is 0. The van der Waals surface area contributed by atoms with Gasteiger partial charge in [0, 0.05) is 0 Å². The minimum atomic E-state index is -0.606. The van der Waals surface area contributed by atoms with Crippen LogP contribution in [0.5, 0.6) is 11.5 Å². The molecule has 1 radical (unpaired) electrons. The van der Waals surface area contributed by atoms with Crippen LogP contribution in [-0.2, 0) is 11.3 Å². The fourth-order valence-corrected chi connectivity index (χ4v) is 4.00. The normalized spacial score (nSPS) is 12.1. The molecule has 0 aliphatic rings. The van der Waals surface area contributed by atoms with Crippen LogP contribution in [0.3, 0.4) is 0 Å². The lowest BCUT2D eigenvalue weighted by atomic mass is 10.2. The lowest BCUT2D eigenvalue weighted by molar-refractivity contribution is 0.0891. The number of hydrogen-bond acceptors (Lipinski definition) is 2. The van der Waals surface area contributed by atoms with Crippen LogP contribution in [0.4, 0.5) is 0 Å². The summed E-state index contributed by atoms with van der Waals surface area (Å²) in [6.45, 7) is 5.16. The van der Waals surface area contributed by atoms with Crippen LogP contribution < -0.4 is 4.74 Å². The van der Waals surface area contributed by atoms with Gasteiger partial charge in [0.1, 0.15) is 11.5 Å². The molecule has 0 saturated carbocycles. The van der Waals surface area contributed by atoms with Gasteiger partial charge in [0.25, 0.3) is 0 Å². The maximum absolute atomic E-state index is 6.27. The molecule has 127 valence electrons. The Morgan fingerprint density at radius 1 is 0.760 bits per heavy atom. The summed E-state index contributed by atoms with van der Waals surface area (Å²) in [6.07, 6.45) is 0. The van der Waals surface area contributed by atoms with Gasteiger partial charge in [0.2, 0.25) is 0 Å². The Bertz CT molecular complexity index is 772. The van der Waals surface area contributed by atoms with Crippen molar-refractivity contribution in [1.82, 2.24) is 0 Å². The molecule has 0 aromatic heterocycles. The Morgan fingerprint density at radius 3 is 2.08 bits per heavy atom. The molecule has 0 bridgehead atoms. The summed E-state index contributed by atoms with van der Waals surface area (Å²) < 4.78 is 12.2. The van der Waals surface area contributed by atoms with Crippen molar-refractivity contribution in [3.05, 3.63) is 96.1 Å². The SMILES string of the molecule is C[Si](C)C(OCc1cccc(Oc2ccccc2)c1)c1ccccc1. The van der Waals surface area contributed by atoms with Crippen molar-refractivity contribution >= 4 is 8.80 Å². The highest BCUT2D eigenvalue weighted by molar-refractivity contribution is 6.57. The predicted octanol–water partition coefficient (Wildman–Crippen LogP) is 6.03. The summed E-state index contributed by atoms with van der Waals surface area (Å²) in [6, 6.07) is 28.4. The van der Waals surface area contributed by atoms with Gasteiger partial charge in [-0.25, -0.2) is 0 Å². The van der Waals surface area contributed by atoms with Crippen molar-refractivity contribution in [1.29, 1.82) is 0 Å². The van der Waals surface area contributed by atoms with E-state index in [4.69, 9.17) is 9.47 Å². The first-order valence-electron chi connectivity index (χ1n) is 8.51. The van der Waals surface area contributed by atoms with Crippen LogP contribution in [-0.4, -0.2) is 8.80 Å². The van der Waals surface area contributed by atoms with Crippen molar-refractivity contribution in [2.45, 2.75) is 25.4 Å². The summed E-state index contributed by atoms with van der Waals surface area (Å²) >= 11 is 0. The van der Waals surface area contributed by atoms with Crippen LogP contribution in [0.1, 0.15) is 16.9 Å². The highest BCUT2D eigenvalue weighted by Crippen LogP contribution is 2.25. The van der Waals surface area contributed by atoms with Crippen molar-refractivity contribution in [3.63, 3.8) is 0 Å². The minimum absolute atomic E-state index is 0.185. The first-order valence-corrected chi connectivity index (χ1v) is 11.1. The molecule has 1 unspecified atom stereocenters. The Balaban J connectivity index is 1.67. The maximum Gasteiger partial charge on any atom is 0.127 e. The van der Waals surface area contributed by atoms with Gasteiger partial charge in [-0.1, -0.05) is 73.8 Å². The highest BCUT2D eigenvalue weighted by Gasteiger charge is 2.17.